The van der Waals surface area contributed by atoms with Crippen LogP contribution in [0, 0.1) is 13.8 Å². The number of fused-ring (bicyclic) bond motifs is 8. The molecule has 4 N–H and O–H groups in total. The van der Waals surface area contributed by atoms with Crippen molar-refractivity contribution < 1.29 is 29.0 Å². The number of H-pyrrole nitrogens is 2. The van der Waals surface area contributed by atoms with E-state index in [9.17, 15) is 19.5 Å². The van der Waals surface area contributed by atoms with Crippen molar-refractivity contribution in [2.45, 2.75) is 111 Å². The predicted octanol–water partition coefficient (Wildman–Crippen LogP) is 7.74. The number of aliphatic carboxylic acids is 1. The minimum absolute atomic E-state index is 0.0872. The summed E-state index contributed by atoms with van der Waals surface area (Å²) in [6, 6.07) is 6.13. The summed E-state index contributed by atoms with van der Waals surface area (Å²) >= 11 is 0. The van der Waals surface area contributed by atoms with E-state index in [1.54, 1.807) is 7.05 Å². The minimum atomic E-state index is -0.922. The van der Waals surface area contributed by atoms with Crippen LogP contribution in [0.15, 0.2) is 18.2 Å². The molecule has 0 aromatic carbocycles. The molecule has 2 aliphatic heterocycles. The van der Waals surface area contributed by atoms with Gasteiger partial charge in [0.2, 0.25) is 0 Å². The molecule has 0 saturated heterocycles. The zero-order valence-corrected chi connectivity index (χ0v) is 31.8. The highest BCUT2D eigenvalue weighted by Crippen LogP contribution is 2.44. The molecule has 2 unspecified atom stereocenters. The molecule has 2 aliphatic rings. The number of aromatic nitrogens is 4. The molecule has 1 amide bonds. The van der Waals surface area contributed by atoms with Crippen molar-refractivity contribution in [1.29, 1.82) is 0 Å². The Morgan fingerprint density at radius 3 is 2.25 bits per heavy atom. The smallest absolute Gasteiger partial charge is 0.310 e. The molecule has 2 atom stereocenters. The van der Waals surface area contributed by atoms with Gasteiger partial charge >= 0.3 is 11.9 Å². The summed E-state index contributed by atoms with van der Waals surface area (Å²) in [7, 11) is 2.88. The highest BCUT2D eigenvalue weighted by molar-refractivity contribution is 6.27. The third-order valence-electron chi connectivity index (χ3n) is 10.7. The quantitative estimate of drug-likeness (QED) is 0.0977. The molecule has 3 aromatic rings. The Hall–Kier alpha value is -4.77. The Morgan fingerprint density at radius 1 is 0.904 bits per heavy atom. The maximum absolute atomic E-state index is 13.6. The van der Waals surface area contributed by atoms with E-state index in [0.717, 1.165) is 69.3 Å². The summed E-state index contributed by atoms with van der Waals surface area (Å²) in [6.07, 6.45) is 5.29. The van der Waals surface area contributed by atoms with Crippen molar-refractivity contribution in [1.82, 2.24) is 25.3 Å². The number of unbranched alkanes of at least 4 members (excludes halogenated alkanes) is 3. The van der Waals surface area contributed by atoms with Crippen LogP contribution >= 0.6 is 0 Å². The van der Waals surface area contributed by atoms with E-state index in [2.05, 4.69) is 49.0 Å². The maximum atomic E-state index is 13.6. The van der Waals surface area contributed by atoms with Gasteiger partial charge in [-0.15, -0.1) is 0 Å². The first-order valence-corrected chi connectivity index (χ1v) is 18.5. The van der Waals surface area contributed by atoms with Gasteiger partial charge in [-0.25, -0.2) is 4.98 Å². The maximum Gasteiger partial charge on any atom is 0.310 e. The Kier molecular flexibility index (Phi) is 12.4. The number of hydrogen-bond donors (Lipinski definition) is 4. The zero-order valence-electron chi connectivity index (χ0n) is 31.8. The molecule has 11 heteroatoms. The molecule has 8 bridgehead atoms. The number of hydrogen-bond acceptors (Lipinski definition) is 7. The number of carbonyl (C=O) groups is 3. The van der Waals surface area contributed by atoms with Crippen LogP contribution in [-0.4, -0.2) is 63.7 Å². The fourth-order valence-electron chi connectivity index (χ4n) is 7.50. The summed E-state index contributed by atoms with van der Waals surface area (Å²) in [5.41, 5.74) is 11.7. The number of carboxylic acids is 1. The van der Waals surface area contributed by atoms with Crippen molar-refractivity contribution in [3.63, 3.8) is 0 Å². The van der Waals surface area contributed by atoms with Gasteiger partial charge in [0, 0.05) is 70.8 Å². The number of methoxy groups -OCH3 is 1. The lowest BCUT2D eigenvalue weighted by Crippen LogP contribution is -2.21. The van der Waals surface area contributed by atoms with Gasteiger partial charge in [-0.05, 0) is 80.5 Å². The fraction of sp³-hybridized carbons (Fsp3) is 0.488. The number of amides is 1. The van der Waals surface area contributed by atoms with Crippen LogP contribution in [0.4, 0.5) is 0 Å². The summed E-state index contributed by atoms with van der Waals surface area (Å²) < 4.78 is 11.4. The van der Waals surface area contributed by atoms with E-state index in [0.29, 0.717) is 47.0 Å². The average molecular weight is 712 g/mol. The SMILES string of the molecule is CCCCCCOCc1c(C)c2cc3nc(c(CC(=O)OC)c4nc(cc5[nH]c(cc1[nH]2)c(C)c5CC)C(C)=C4C(=O)NC)C(CCC(=O)O)C3C. The number of carboxylic acid groups (broad SMARTS) is 1. The number of esters is 1. The first-order chi connectivity index (χ1) is 24.9. The molecule has 52 heavy (non-hydrogen) atoms. The van der Waals surface area contributed by atoms with Gasteiger partial charge in [0.25, 0.3) is 5.91 Å². The Morgan fingerprint density at radius 2 is 1.60 bits per heavy atom. The number of rotatable bonds is 14. The second-order valence-electron chi connectivity index (χ2n) is 13.9. The van der Waals surface area contributed by atoms with E-state index in [-0.39, 0.29) is 37.0 Å². The van der Waals surface area contributed by atoms with E-state index in [4.69, 9.17) is 19.4 Å². The molecule has 0 radical (unpaired) electrons. The first-order valence-electron chi connectivity index (χ1n) is 18.5. The van der Waals surface area contributed by atoms with Crippen molar-refractivity contribution in [3.8, 4) is 0 Å². The molecule has 5 heterocycles. The van der Waals surface area contributed by atoms with E-state index in [1.165, 1.54) is 20.0 Å². The molecular formula is C41H53N5O6. The second-order valence-corrected chi connectivity index (χ2v) is 13.9. The van der Waals surface area contributed by atoms with Crippen LogP contribution in [0.1, 0.15) is 129 Å². The van der Waals surface area contributed by atoms with Crippen LogP contribution in [0.2, 0.25) is 0 Å². The Balaban J connectivity index is 1.91. The second kappa shape index (κ2) is 16.7. The van der Waals surface area contributed by atoms with Crippen LogP contribution in [0.5, 0.6) is 0 Å². The van der Waals surface area contributed by atoms with Gasteiger partial charge in [0.15, 0.2) is 0 Å². The van der Waals surface area contributed by atoms with Crippen molar-refractivity contribution in [3.05, 3.63) is 68.8 Å². The predicted molar refractivity (Wildman–Crippen MR) is 204 cm³/mol. The molecule has 0 aliphatic carbocycles. The Labute approximate surface area is 305 Å². The monoisotopic (exact) mass is 711 g/mol. The lowest BCUT2D eigenvalue weighted by Gasteiger charge is -2.18. The summed E-state index contributed by atoms with van der Waals surface area (Å²) in [4.78, 5) is 56.1. The zero-order chi connectivity index (χ0) is 37.7. The van der Waals surface area contributed by atoms with Crippen molar-refractivity contribution >= 4 is 51.1 Å². The lowest BCUT2D eigenvalue weighted by atomic mass is 9.84. The van der Waals surface area contributed by atoms with E-state index >= 15 is 0 Å². The molecule has 3 aromatic heterocycles. The van der Waals surface area contributed by atoms with Gasteiger partial charge in [-0.3, -0.25) is 19.4 Å². The van der Waals surface area contributed by atoms with Crippen molar-refractivity contribution in [2.75, 3.05) is 20.8 Å². The highest BCUT2D eigenvalue weighted by Gasteiger charge is 2.35. The third-order valence-corrected chi connectivity index (χ3v) is 10.7. The van der Waals surface area contributed by atoms with Gasteiger partial charge < -0.3 is 29.9 Å². The lowest BCUT2D eigenvalue weighted by molar-refractivity contribution is -0.140. The van der Waals surface area contributed by atoms with Gasteiger partial charge in [0.1, 0.15) is 0 Å². The van der Waals surface area contributed by atoms with Crippen LogP contribution in [0.3, 0.4) is 0 Å². The normalized spacial score (nSPS) is 15.6. The molecule has 0 fully saturated rings. The van der Waals surface area contributed by atoms with Gasteiger partial charge in [-0.2, -0.15) is 0 Å². The number of ether oxygens (including phenoxy) is 2. The molecule has 0 spiro atoms. The number of allylic oxidation sites excluding steroid dienone is 1. The van der Waals surface area contributed by atoms with Crippen LogP contribution in [0.25, 0.3) is 33.2 Å². The van der Waals surface area contributed by atoms with Crippen LogP contribution < -0.4 is 5.32 Å². The highest BCUT2D eigenvalue weighted by atomic mass is 16.5. The summed E-state index contributed by atoms with van der Waals surface area (Å²) in [6.45, 7) is 13.5. The topological polar surface area (TPSA) is 159 Å². The van der Waals surface area contributed by atoms with E-state index in [1.807, 2.05) is 26.0 Å². The summed E-state index contributed by atoms with van der Waals surface area (Å²) in [5.74, 6) is -2.33. The molecule has 0 saturated carbocycles. The van der Waals surface area contributed by atoms with Gasteiger partial charge in [-0.1, -0.05) is 40.0 Å². The molecular weight excluding hydrogens is 658 g/mol. The number of aryl methyl sites for hydroxylation is 3. The standard InChI is InChI=1S/C41H53N5O6/c1-9-11-12-13-16-52-21-29-24(5)30-18-32-23(4)27(14-15-36(47)48)39(45-32)28(17-37(49)51-8)40-38(41(50)42-7)25(6)33(46-40)20-34-26(10-2)22(3)31(43-34)19-35(29)44-30/h18-20,23,27,43-44H,9-17,21H2,1-8H3,(H,42,50)(H,47,48). The van der Waals surface area contributed by atoms with Crippen molar-refractivity contribution in [2.24, 2.45) is 0 Å². The van der Waals surface area contributed by atoms with Crippen LogP contribution in [-0.2, 0) is 43.3 Å². The van der Waals surface area contributed by atoms with Gasteiger partial charge in [0.05, 0.1) is 42.8 Å². The molecule has 11 nitrogen and oxygen atoms in total. The summed E-state index contributed by atoms with van der Waals surface area (Å²) in [5, 5.41) is 12.5. The number of aromatic amines is 2. The third kappa shape index (κ3) is 7.84. The number of likely N-dealkylation sites (N-methyl/N-ethyl adjacent to an activating group) is 1. The average Bonchev–Trinajstić information content (AvgIpc) is 3.80. The fourth-order valence-corrected chi connectivity index (χ4v) is 7.50. The molecule has 278 valence electrons. The molecule has 5 rings (SSSR count). The Bertz CT molecular complexity index is 2060. The van der Waals surface area contributed by atoms with E-state index < -0.39 is 11.9 Å². The first kappa shape index (κ1) is 38.5. The number of carbonyl (C=O) groups excluding carboxylic acids is 2. The largest absolute Gasteiger partial charge is 0.481 e. The minimum Gasteiger partial charge on any atom is -0.481 e. The number of nitrogens with one attached hydrogen (secondary N) is 3. The number of nitrogens with zero attached hydrogens (tertiary/aromatic N) is 2.